The topological polar surface area (TPSA) is 65.4 Å². The average Bonchev–Trinajstić information content (AvgIpc) is 3.15. The van der Waals surface area contributed by atoms with Gasteiger partial charge in [0, 0.05) is 20.3 Å². The fourth-order valence-electron chi connectivity index (χ4n) is 2.77. The molecular weight excluding hydrogens is 282 g/mol. The maximum Gasteiger partial charge on any atom is 0.240 e. The minimum Gasteiger partial charge on any atom is -0.377 e. The van der Waals surface area contributed by atoms with Crippen molar-refractivity contribution in [1.29, 1.82) is 0 Å². The number of nitrogens with zero attached hydrogens (tertiary/aromatic N) is 2. The number of fused-ring (bicyclic) bond motifs is 1. The molecule has 1 N–H and O–H groups in total. The lowest BCUT2D eigenvalue weighted by atomic mass is 10.2. The fourth-order valence-corrected chi connectivity index (χ4v) is 2.77. The van der Waals surface area contributed by atoms with Gasteiger partial charge in [0.2, 0.25) is 5.91 Å². The molecule has 3 rings (SSSR count). The van der Waals surface area contributed by atoms with Crippen LogP contribution in [0.15, 0.2) is 24.3 Å². The number of para-hydroxylation sites is 2. The maximum atomic E-state index is 12.2. The smallest absolute Gasteiger partial charge is 0.240 e. The highest BCUT2D eigenvalue weighted by Crippen LogP contribution is 2.16. The Hall–Kier alpha value is -1.92. The van der Waals surface area contributed by atoms with Crippen LogP contribution in [0.5, 0.6) is 0 Å². The molecule has 1 amide bonds. The lowest BCUT2D eigenvalue weighted by molar-refractivity contribution is -0.122. The van der Waals surface area contributed by atoms with E-state index in [1.165, 1.54) is 0 Å². The van der Waals surface area contributed by atoms with Crippen LogP contribution >= 0.6 is 0 Å². The van der Waals surface area contributed by atoms with Crippen molar-refractivity contribution in [2.75, 3.05) is 20.3 Å². The maximum absolute atomic E-state index is 12.2. The summed E-state index contributed by atoms with van der Waals surface area (Å²) in [5.41, 5.74) is 1.82. The van der Waals surface area contributed by atoms with E-state index >= 15 is 0 Å². The number of benzene rings is 1. The second-order valence-electron chi connectivity index (χ2n) is 5.48. The Labute approximate surface area is 129 Å². The van der Waals surface area contributed by atoms with Crippen LogP contribution in [0.2, 0.25) is 0 Å². The SMILES string of the molecule is COCc1nc2ccccc2n1CC(=O)NCC1CCCO1. The molecule has 6 nitrogen and oxygen atoms in total. The molecule has 1 atom stereocenters. The van der Waals surface area contributed by atoms with Crippen LogP contribution in [0.1, 0.15) is 18.7 Å². The molecule has 0 saturated carbocycles. The fraction of sp³-hybridized carbons (Fsp3) is 0.500. The Bertz CT molecular complexity index is 647. The first-order valence-corrected chi connectivity index (χ1v) is 7.59. The summed E-state index contributed by atoms with van der Waals surface area (Å²) in [5, 5.41) is 2.94. The molecule has 0 aliphatic carbocycles. The molecule has 6 heteroatoms. The number of carbonyl (C=O) groups excluding carboxylic acids is 1. The third-order valence-electron chi connectivity index (χ3n) is 3.86. The van der Waals surface area contributed by atoms with Gasteiger partial charge in [0.25, 0.3) is 0 Å². The predicted octanol–water partition coefficient (Wildman–Crippen LogP) is 1.48. The normalized spacial score (nSPS) is 18.0. The minimum atomic E-state index is -0.0315. The first kappa shape index (κ1) is 15.0. The van der Waals surface area contributed by atoms with Crippen LogP contribution in [0.4, 0.5) is 0 Å². The summed E-state index contributed by atoms with van der Waals surface area (Å²) in [6.07, 6.45) is 2.25. The third kappa shape index (κ3) is 3.28. The van der Waals surface area contributed by atoms with Crippen molar-refractivity contribution in [2.24, 2.45) is 0 Å². The van der Waals surface area contributed by atoms with Gasteiger partial charge in [-0.1, -0.05) is 12.1 Å². The number of aromatic nitrogens is 2. The average molecular weight is 303 g/mol. The summed E-state index contributed by atoms with van der Waals surface area (Å²) in [6, 6.07) is 7.79. The zero-order valence-corrected chi connectivity index (χ0v) is 12.7. The molecule has 1 aromatic carbocycles. The summed E-state index contributed by atoms with van der Waals surface area (Å²) in [4.78, 5) is 16.7. The number of ether oxygens (including phenoxy) is 2. The predicted molar refractivity (Wildman–Crippen MR) is 82.4 cm³/mol. The van der Waals surface area contributed by atoms with Gasteiger partial charge < -0.3 is 19.4 Å². The van der Waals surface area contributed by atoms with Gasteiger partial charge in [-0.05, 0) is 25.0 Å². The Morgan fingerprint density at radius 3 is 3.14 bits per heavy atom. The first-order valence-electron chi connectivity index (χ1n) is 7.59. The van der Waals surface area contributed by atoms with E-state index in [1.54, 1.807) is 7.11 Å². The molecule has 1 aliphatic rings. The van der Waals surface area contributed by atoms with Crippen LogP contribution in [-0.4, -0.2) is 41.8 Å². The Balaban J connectivity index is 1.71. The molecule has 1 fully saturated rings. The van der Waals surface area contributed by atoms with E-state index in [0.29, 0.717) is 13.2 Å². The summed E-state index contributed by atoms with van der Waals surface area (Å²) < 4.78 is 12.6. The highest BCUT2D eigenvalue weighted by atomic mass is 16.5. The number of amides is 1. The third-order valence-corrected chi connectivity index (χ3v) is 3.86. The van der Waals surface area contributed by atoms with Crippen LogP contribution in [0.25, 0.3) is 11.0 Å². The highest BCUT2D eigenvalue weighted by molar-refractivity contribution is 5.81. The summed E-state index contributed by atoms with van der Waals surface area (Å²) >= 11 is 0. The Morgan fingerprint density at radius 2 is 2.36 bits per heavy atom. The molecule has 0 bridgehead atoms. The first-order chi connectivity index (χ1) is 10.8. The summed E-state index contributed by atoms with van der Waals surface area (Å²) in [6.45, 7) is 2.00. The lowest BCUT2D eigenvalue weighted by Crippen LogP contribution is -2.34. The molecule has 0 spiro atoms. The number of nitrogens with one attached hydrogen (secondary N) is 1. The van der Waals surface area contributed by atoms with Gasteiger partial charge >= 0.3 is 0 Å². The molecule has 0 radical (unpaired) electrons. The molecule has 1 unspecified atom stereocenters. The van der Waals surface area contributed by atoms with Gasteiger partial charge in [-0.2, -0.15) is 0 Å². The standard InChI is InChI=1S/C16H21N3O3/c1-21-11-15-18-13-6-2-3-7-14(13)19(15)10-16(20)17-9-12-5-4-8-22-12/h2-3,6-7,12H,4-5,8-11H2,1H3,(H,17,20). The molecular formula is C16H21N3O3. The number of rotatable bonds is 6. The van der Waals surface area contributed by atoms with Gasteiger partial charge in [-0.15, -0.1) is 0 Å². The van der Waals surface area contributed by atoms with Gasteiger partial charge in [0.15, 0.2) is 0 Å². The van der Waals surface area contributed by atoms with E-state index in [1.807, 2.05) is 28.8 Å². The summed E-state index contributed by atoms with van der Waals surface area (Å²) in [5.74, 6) is 0.729. The monoisotopic (exact) mass is 303 g/mol. The van der Waals surface area contributed by atoms with E-state index < -0.39 is 0 Å². The molecule has 22 heavy (non-hydrogen) atoms. The van der Waals surface area contributed by atoms with Crippen molar-refractivity contribution in [2.45, 2.75) is 32.1 Å². The van der Waals surface area contributed by atoms with Crippen molar-refractivity contribution in [3.8, 4) is 0 Å². The van der Waals surface area contributed by atoms with Crippen molar-refractivity contribution in [3.05, 3.63) is 30.1 Å². The second-order valence-corrected chi connectivity index (χ2v) is 5.48. The lowest BCUT2D eigenvalue weighted by Gasteiger charge is -2.12. The van der Waals surface area contributed by atoms with Crippen LogP contribution < -0.4 is 5.32 Å². The van der Waals surface area contributed by atoms with Crippen LogP contribution in [-0.2, 0) is 27.4 Å². The van der Waals surface area contributed by atoms with Gasteiger partial charge in [-0.3, -0.25) is 4.79 Å². The number of methoxy groups -OCH3 is 1. The van der Waals surface area contributed by atoms with Crippen molar-refractivity contribution < 1.29 is 14.3 Å². The number of imidazole rings is 1. The van der Waals surface area contributed by atoms with Crippen molar-refractivity contribution in [3.63, 3.8) is 0 Å². The second kappa shape index (κ2) is 6.89. The minimum absolute atomic E-state index is 0.0315. The molecule has 2 heterocycles. The Morgan fingerprint density at radius 1 is 1.50 bits per heavy atom. The molecule has 2 aromatic rings. The number of hydrogen-bond acceptors (Lipinski definition) is 4. The van der Waals surface area contributed by atoms with Crippen molar-refractivity contribution >= 4 is 16.9 Å². The number of hydrogen-bond donors (Lipinski definition) is 1. The van der Waals surface area contributed by atoms with E-state index in [-0.39, 0.29) is 18.6 Å². The van der Waals surface area contributed by atoms with Gasteiger partial charge in [-0.25, -0.2) is 4.98 Å². The molecule has 1 aliphatic heterocycles. The van der Waals surface area contributed by atoms with Gasteiger partial charge in [0.1, 0.15) is 19.0 Å². The summed E-state index contributed by atoms with van der Waals surface area (Å²) in [7, 11) is 1.63. The van der Waals surface area contributed by atoms with Crippen LogP contribution in [0.3, 0.4) is 0 Å². The molecule has 118 valence electrons. The zero-order valence-electron chi connectivity index (χ0n) is 12.7. The van der Waals surface area contributed by atoms with Crippen LogP contribution in [0, 0.1) is 0 Å². The van der Waals surface area contributed by atoms with E-state index in [0.717, 1.165) is 36.3 Å². The largest absolute Gasteiger partial charge is 0.377 e. The van der Waals surface area contributed by atoms with Gasteiger partial charge in [0.05, 0.1) is 17.1 Å². The Kier molecular flexibility index (Phi) is 4.70. The molecule has 1 aromatic heterocycles. The quantitative estimate of drug-likeness (QED) is 0.878. The zero-order chi connectivity index (χ0) is 15.4. The molecule has 1 saturated heterocycles. The van der Waals surface area contributed by atoms with E-state index in [2.05, 4.69) is 10.3 Å². The van der Waals surface area contributed by atoms with Crippen molar-refractivity contribution in [1.82, 2.24) is 14.9 Å². The highest BCUT2D eigenvalue weighted by Gasteiger charge is 2.17. The van der Waals surface area contributed by atoms with E-state index in [9.17, 15) is 4.79 Å². The van der Waals surface area contributed by atoms with E-state index in [4.69, 9.17) is 9.47 Å². The number of carbonyl (C=O) groups is 1.